The van der Waals surface area contributed by atoms with Crippen molar-refractivity contribution in [1.29, 1.82) is 5.26 Å². The summed E-state index contributed by atoms with van der Waals surface area (Å²) in [5.41, 5.74) is 0.495. The SMILES string of the molecule is N#Cc1c(-c2ccc(F)cc2)cc(O)c2nc[nH]c(=O)c12. The highest BCUT2D eigenvalue weighted by Gasteiger charge is 2.16. The molecular formula is C15H8FN3O2. The second-order valence-electron chi connectivity index (χ2n) is 4.39. The molecule has 0 fully saturated rings. The lowest BCUT2D eigenvalue weighted by molar-refractivity contribution is 0.480. The first-order valence-electron chi connectivity index (χ1n) is 6.01. The van der Waals surface area contributed by atoms with Gasteiger partial charge in [0.05, 0.1) is 17.3 Å². The molecule has 0 atom stereocenters. The lowest BCUT2D eigenvalue weighted by atomic mass is 9.96. The molecule has 0 unspecified atom stereocenters. The van der Waals surface area contributed by atoms with Crippen molar-refractivity contribution in [2.75, 3.05) is 0 Å². The van der Waals surface area contributed by atoms with Crippen molar-refractivity contribution >= 4 is 10.9 Å². The van der Waals surface area contributed by atoms with E-state index in [0.717, 1.165) is 6.33 Å². The summed E-state index contributed by atoms with van der Waals surface area (Å²) in [5, 5.41) is 19.4. The summed E-state index contributed by atoms with van der Waals surface area (Å²) in [7, 11) is 0. The summed E-state index contributed by atoms with van der Waals surface area (Å²) < 4.78 is 13.0. The number of nitrogens with one attached hydrogen (secondary N) is 1. The van der Waals surface area contributed by atoms with Crippen molar-refractivity contribution in [3.63, 3.8) is 0 Å². The van der Waals surface area contributed by atoms with E-state index in [-0.39, 0.29) is 22.2 Å². The van der Waals surface area contributed by atoms with Gasteiger partial charge >= 0.3 is 0 Å². The number of aromatic nitrogens is 2. The summed E-state index contributed by atoms with van der Waals surface area (Å²) in [6, 6.07) is 8.73. The van der Waals surface area contributed by atoms with Crippen molar-refractivity contribution in [3.05, 3.63) is 58.4 Å². The van der Waals surface area contributed by atoms with E-state index in [2.05, 4.69) is 9.97 Å². The molecule has 1 aromatic heterocycles. The number of benzene rings is 2. The highest BCUT2D eigenvalue weighted by Crippen LogP contribution is 2.33. The number of phenols is 1. The Morgan fingerprint density at radius 1 is 1.29 bits per heavy atom. The Labute approximate surface area is 117 Å². The highest BCUT2D eigenvalue weighted by atomic mass is 19.1. The number of phenolic OH excluding ortho intramolecular Hbond substituents is 1. The molecule has 3 aromatic rings. The van der Waals surface area contributed by atoms with E-state index >= 15 is 0 Å². The smallest absolute Gasteiger partial charge is 0.260 e. The standard InChI is InChI=1S/C15H8FN3O2/c16-9-3-1-8(2-4-9)10-5-12(20)14-13(11(10)6-17)15(21)19-7-18-14/h1-5,7,20H,(H,18,19,21). The monoisotopic (exact) mass is 281 g/mol. The number of aromatic hydroxyl groups is 1. The average Bonchev–Trinajstić information content (AvgIpc) is 2.49. The summed E-state index contributed by atoms with van der Waals surface area (Å²) >= 11 is 0. The fourth-order valence-corrected chi connectivity index (χ4v) is 2.21. The van der Waals surface area contributed by atoms with Gasteiger partial charge in [0.1, 0.15) is 23.2 Å². The van der Waals surface area contributed by atoms with Crippen LogP contribution in [0.1, 0.15) is 5.56 Å². The zero-order valence-electron chi connectivity index (χ0n) is 10.6. The van der Waals surface area contributed by atoms with Crippen LogP contribution in [0.5, 0.6) is 5.75 Å². The molecular weight excluding hydrogens is 273 g/mol. The van der Waals surface area contributed by atoms with E-state index in [1.807, 2.05) is 6.07 Å². The molecule has 0 aliphatic rings. The highest BCUT2D eigenvalue weighted by molar-refractivity contribution is 5.95. The van der Waals surface area contributed by atoms with E-state index in [9.17, 15) is 19.6 Å². The number of H-pyrrole nitrogens is 1. The third-order valence-electron chi connectivity index (χ3n) is 3.16. The minimum Gasteiger partial charge on any atom is -0.506 e. The molecule has 0 bridgehead atoms. The fraction of sp³-hybridized carbons (Fsp3) is 0. The minimum absolute atomic E-state index is 0.0133. The Balaban J connectivity index is 2.45. The molecule has 21 heavy (non-hydrogen) atoms. The van der Waals surface area contributed by atoms with Gasteiger partial charge in [-0.15, -0.1) is 0 Å². The number of fused-ring (bicyclic) bond motifs is 1. The zero-order chi connectivity index (χ0) is 15.0. The van der Waals surface area contributed by atoms with Crippen LogP contribution in [0.2, 0.25) is 0 Å². The van der Waals surface area contributed by atoms with Crippen LogP contribution >= 0.6 is 0 Å². The van der Waals surface area contributed by atoms with Crippen LogP contribution in [0.25, 0.3) is 22.0 Å². The molecule has 1 heterocycles. The lowest BCUT2D eigenvalue weighted by Gasteiger charge is -2.08. The number of nitriles is 1. The molecule has 6 heteroatoms. The van der Waals surface area contributed by atoms with Gasteiger partial charge in [-0.05, 0) is 23.8 Å². The topological polar surface area (TPSA) is 89.8 Å². The van der Waals surface area contributed by atoms with Crippen LogP contribution < -0.4 is 5.56 Å². The van der Waals surface area contributed by atoms with Crippen LogP contribution in [0.4, 0.5) is 4.39 Å². The third-order valence-corrected chi connectivity index (χ3v) is 3.16. The molecule has 0 radical (unpaired) electrons. The zero-order valence-corrected chi connectivity index (χ0v) is 10.6. The number of aromatic amines is 1. The van der Waals surface area contributed by atoms with Crippen molar-refractivity contribution in [1.82, 2.24) is 9.97 Å². The first-order valence-corrected chi connectivity index (χ1v) is 6.01. The lowest BCUT2D eigenvalue weighted by Crippen LogP contribution is -2.09. The normalized spacial score (nSPS) is 10.5. The maximum absolute atomic E-state index is 13.0. The maximum Gasteiger partial charge on any atom is 0.260 e. The molecule has 3 rings (SSSR count). The molecule has 2 aromatic carbocycles. The van der Waals surface area contributed by atoms with Crippen molar-refractivity contribution < 1.29 is 9.50 Å². The van der Waals surface area contributed by atoms with Gasteiger partial charge in [0.15, 0.2) is 0 Å². The first-order chi connectivity index (χ1) is 10.1. The molecule has 0 amide bonds. The van der Waals surface area contributed by atoms with E-state index in [0.29, 0.717) is 11.1 Å². The first kappa shape index (κ1) is 12.8. The maximum atomic E-state index is 13.0. The van der Waals surface area contributed by atoms with Crippen LogP contribution in [-0.2, 0) is 0 Å². The molecule has 5 nitrogen and oxygen atoms in total. The van der Waals surface area contributed by atoms with E-state index in [1.165, 1.54) is 30.3 Å². The number of rotatable bonds is 1. The summed E-state index contributed by atoms with van der Waals surface area (Å²) in [6.07, 6.45) is 1.16. The second-order valence-corrected chi connectivity index (χ2v) is 4.39. The fourth-order valence-electron chi connectivity index (χ4n) is 2.21. The Kier molecular flexibility index (Phi) is 2.88. The molecule has 0 saturated heterocycles. The molecule has 2 N–H and O–H groups in total. The predicted octanol–water partition coefficient (Wildman–Crippen LogP) is 2.31. The summed E-state index contributed by atoms with van der Waals surface area (Å²) in [5.74, 6) is -0.629. The quantitative estimate of drug-likeness (QED) is 0.716. The second kappa shape index (κ2) is 4.72. The van der Waals surface area contributed by atoms with E-state index in [4.69, 9.17) is 0 Å². The van der Waals surface area contributed by atoms with Crippen molar-refractivity contribution in [3.8, 4) is 22.9 Å². The summed E-state index contributed by atoms with van der Waals surface area (Å²) in [6.45, 7) is 0. The third kappa shape index (κ3) is 2.01. The Morgan fingerprint density at radius 3 is 2.67 bits per heavy atom. The largest absolute Gasteiger partial charge is 0.506 e. The molecule has 0 saturated carbocycles. The predicted molar refractivity (Wildman–Crippen MR) is 74.1 cm³/mol. The van der Waals surface area contributed by atoms with Gasteiger partial charge in [0.25, 0.3) is 5.56 Å². The number of halogens is 1. The van der Waals surface area contributed by atoms with Crippen LogP contribution in [-0.4, -0.2) is 15.1 Å². The molecule has 0 aliphatic carbocycles. The van der Waals surface area contributed by atoms with Crippen molar-refractivity contribution in [2.24, 2.45) is 0 Å². The Morgan fingerprint density at radius 2 is 2.00 bits per heavy atom. The van der Waals surface area contributed by atoms with Gasteiger partial charge in [-0.3, -0.25) is 4.79 Å². The van der Waals surface area contributed by atoms with Gasteiger partial charge in [-0.1, -0.05) is 12.1 Å². The minimum atomic E-state index is -0.518. The van der Waals surface area contributed by atoms with E-state index in [1.54, 1.807) is 0 Å². The Hall–Kier alpha value is -3.20. The van der Waals surface area contributed by atoms with Crippen LogP contribution in [0.15, 0.2) is 41.5 Å². The van der Waals surface area contributed by atoms with E-state index < -0.39 is 11.4 Å². The number of nitrogens with zero attached hydrogens (tertiary/aromatic N) is 2. The summed E-state index contributed by atoms with van der Waals surface area (Å²) in [4.78, 5) is 18.2. The van der Waals surface area contributed by atoms with Gasteiger partial charge < -0.3 is 10.1 Å². The van der Waals surface area contributed by atoms with Crippen molar-refractivity contribution in [2.45, 2.75) is 0 Å². The number of hydrogen-bond acceptors (Lipinski definition) is 4. The number of hydrogen-bond donors (Lipinski definition) is 2. The van der Waals surface area contributed by atoms with Gasteiger partial charge in [0, 0.05) is 5.56 Å². The van der Waals surface area contributed by atoms with Gasteiger partial charge in [0.2, 0.25) is 0 Å². The van der Waals surface area contributed by atoms with Gasteiger partial charge in [-0.2, -0.15) is 5.26 Å². The molecule has 102 valence electrons. The molecule has 0 aliphatic heterocycles. The van der Waals surface area contributed by atoms with Crippen LogP contribution in [0, 0.1) is 17.1 Å². The van der Waals surface area contributed by atoms with Gasteiger partial charge in [-0.25, -0.2) is 9.37 Å². The van der Waals surface area contributed by atoms with Crippen LogP contribution in [0.3, 0.4) is 0 Å². The molecule has 0 spiro atoms. The Bertz CT molecular complexity index is 940. The average molecular weight is 281 g/mol.